The van der Waals surface area contributed by atoms with Gasteiger partial charge in [-0.3, -0.25) is 4.98 Å². The summed E-state index contributed by atoms with van der Waals surface area (Å²) in [5, 5.41) is 5.95. The molecule has 0 saturated carbocycles. The molecule has 1 aromatic heterocycles. The Labute approximate surface area is 100 Å². The maximum Gasteiger partial charge on any atom is 0.0346 e. The van der Waals surface area contributed by atoms with E-state index in [1.807, 2.05) is 24.2 Å². The molecule has 1 aromatic carbocycles. The molecule has 0 saturated heterocycles. The molecule has 0 unspecified atom stereocenters. The largest absolute Gasteiger partial charge is 0.312 e. The molecule has 2 nitrogen and oxygen atoms in total. The lowest BCUT2D eigenvalue weighted by Crippen LogP contribution is -2.16. The monoisotopic (exact) mass is 232 g/mol. The van der Waals surface area contributed by atoms with Gasteiger partial charge in [0.15, 0.2) is 0 Å². The van der Waals surface area contributed by atoms with Crippen LogP contribution in [-0.4, -0.2) is 23.5 Å². The van der Waals surface area contributed by atoms with Crippen LogP contribution in [0.5, 0.6) is 0 Å². The highest BCUT2D eigenvalue weighted by atomic mass is 32.2. The second-order valence-electron chi connectivity index (χ2n) is 3.69. The lowest BCUT2D eigenvalue weighted by atomic mass is 10.1. The predicted octanol–water partition coefficient (Wildman–Crippen LogP) is 2.69. The summed E-state index contributed by atoms with van der Waals surface area (Å²) in [6.07, 6.45) is 6.00. The Morgan fingerprint density at radius 2 is 2.12 bits per heavy atom. The van der Waals surface area contributed by atoms with Gasteiger partial charge in [0, 0.05) is 36.6 Å². The smallest absolute Gasteiger partial charge is 0.0346 e. The molecule has 1 heterocycles. The first-order valence-electron chi connectivity index (χ1n) is 5.43. The van der Waals surface area contributed by atoms with E-state index < -0.39 is 0 Å². The zero-order valence-corrected chi connectivity index (χ0v) is 10.3. The van der Waals surface area contributed by atoms with Crippen LogP contribution in [-0.2, 0) is 6.54 Å². The summed E-state index contributed by atoms with van der Waals surface area (Å²) >= 11 is 1.86. The highest BCUT2D eigenvalue weighted by molar-refractivity contribution is 7.98. The summed E-state index contributed by atoms with van der Waals surface area (Å²) < 4.78 is 0. The van der Waals surface area contributed by atoms with Crippen LogP contribution in [0.3, 0.4) is 0 Å². The van der Waals surface area contributed by atoms with Gasteiger partial charge in [-0.25, -0.2) is 0 Å². The van der Waals surface area contributed by atoms with Gasteiger partial charge < -0.3 is 5.32 Å². The van der Waals surface area contributed by atoms with Crippen LogP contribution in [0.2, 0.25) is 0 Å². The normalized spacial score (nSPS) is 10.8. The zero-order valence-electron chi connectivity index (χ0n) is 9.44. The molecule has 0 aliphatic rings. The molecule has 0 radical (unpaired) electrons. The highest BCUT2D eigenvalue weighted by Gasteiger charge is 1.99. The maximum absolute atomic E-state index is 4.27. The van der Waals surface area contributed by atoms with Gasteiger partial charge in [0.2, 0.25) is 0 Å². The van der Waals surface area contributed by atoms with Crippen LogP contribution in [0.4, 0.5) is 0 Å². The van der Waals surface area contributed by atoms with Crippen molar-refractivity contribution in [2.24, 2.45) is 0 Å². The van der Waals surface area contributed by atoms with Crippen molar-refractivity contribution in [1.29, 1.82) is 0 Å². The van der Waals surface area contributed by atoms with E-state index >= 15 is 0 Å². The summed E-state index contributed by atoms with van der Waals surface area (Å²) in [5.41, 5.74) is 1.28. The van der Waals surface area contributed by atoms with Crippen LogP contribution in [0.25, 0.3) is 10.8 Å². The first-order chi connectivity index (χ1) is 7.92. The number of nitrogens with zero attached hydrogens (tertiary/aromatic N) is 1. The minimum atomic E-state index is 0.898. The zero-order chi connectivity index (χ0) is 11.2. The second kappa shape index (κ2) is 5.87. The molecule has 0 atom stereocenters. The molecule has 2 rings (SSSR count). The van der Waals surface area contributed by atoms with E-state index in [2.05, 4.69) is 40.8 Å². The maximum atomic E-state index is 4.27. The molecule has 0 fully saturated rings. The van der Waals surface area contributed by atoms with Gasteiger partial charge in [-0.2, -0.15) is 11.8 Å². The number of benzene rings is 1. The third-order valence-electron chi connectivity index (χ3n) is 2.55. The Hall–Kier alpha value is -1.06. The molecular formula is C13H16N2S. The molecular weight excluding hydrogens is 216 g/mol. The van der Waals surface area contributed by atoms with Crippen molar-refractivity contribution in [3.8, 4) is 0 Å². The number of aromatic nitrogens is 1. The van der Waals surface area contributed by atoms with Gasteiger partial charge in [-0.05, 0) is 17.2 Å². The molecule has 2 aromatic rings. The first kappa shape index (κ1) is 11.4. The Kier molecular flexibility index (Phi) is 4.19. The topological polar surface area (TPSA) is 24.9 Å². The summed E-state index contributed by atoms with van der Waals surface area (Å²) in [4.78, 5) is 4.27. The van der Waals surface area contributed by atoms with Crippen molar-refractivity contribution in [3.63, 3.8) is 0 Å². The van der Waals surface area contributed by atoms with E-state index in [0.29, 0.717) is 0 Å². The summed E-state index contributed by atoms with van der Waals surface area (Å²) in [6.45, 7) is 1.94. The molecule has 0 aliphatic heterocycles. The van der Waals surface area contributed by atoms with E-state index in [4.69, 9.17) is 0 Å². The lowest BCUT2D eigenvalue weighted by molar-refractivity contribution is 0.734. The van der Waals surface area contributed by atoms with Crippen LogP contribution in [0.1, 0.15) is 5.56 Å². The SMILES string of the molecule is CSCCNCc1cncc2ccccc12. The average Bonchev–Trinajstić information content (AvgIpc) is 2.35. The standard InChI is InChI=1S/C13H16N2S/c1-16-7-6-14-9-12-10-15-8-11-4-2-3-5-13(11)12/h2-5,8,10,14H,6-7,9H2,1H3. The van der Waals surface area contributed by atoms with Crippen molar-refractivity contribution < 1.29 is 0 Å². The summed E-state index contributed by atoms with van der Waals surface area (Å²) in [5.74, 6) is 1.15. The van der Waals surface area contributed by atoms with Crippen LogP contribution in [0, 0.1) is 0 Å². The third-order valence-corrected chi connectivity index (χ3v) is 3.16. The summed E-state index contributed by atoms with van der Waals surface area (Å²) in [7, 11) is 0. The molecule has 84 valence electrons. The van der Waals surface area contributed by atoms with Crippen LogP contribution < -0.4 is 5.32 Å². The molecule has 0 amide bonds. The summed E-state index contributed by atoms with van der Waals surface area (Å²) in [6, 6.07) is 8.39. The number of hydrogen-bond acceptors (Lipinski definition) is 3. The Bertz CT molecular complexity index is 451. The molecule has 0 spiro atoms. The number of thioether (sulfide) groups is 1. The molecule has 0 aliphatic carbocycles. The number of rotatable bonds is 5. The Morgan fingerprint density at radius 3 is 3.00 bits per heavy atom. The minimum Gasteiger partial charge on any atom is -0.312 e. The van der Waals surface area contributed by atoms with E-state index in [9.17, 15) is 0 Å². The molecule has 1 N–H and O–H groups in total. The quantitative estimate of drug-likeness (QED) is 0.802. The van der Waals surface area contributed by atoms with Gasteiger partial charge in [0.1, 0.15) is 0 Å². The number of pyridine rings is 1. The van der Waals surface area contributed by atoms with Crippen molar-refractivity contribution >= 4 is 22.5 Å². The van der Waals surface area contributed by atoms with Crippen molar-refractivity contribution in [2.45, 2.75) is 6.54 Å². The number of nitrogens with one attached hydrogen (secondary N) is 1. The lowest BCUT2D eigenvalue weighted by Gasteiger charge is -2.06. The Balaban J connectivity index is 2.11. The fourth-order valence-electron chi connectivity index (χ4n) is 1.72. The van der Waals surface area contributed by atoms with Crippen LogP contribution in [0.15, 0.2) is 36.7 Å². The molecule has 0 bridgehead atoms. The number of hydrogen-bond donors (Lipinski definition) is 1. The van der Waals surface area contributed by atoms with Crippen LogP contribution >= 0.6 is 11.8 Å². The van der Waals surface area contributed by atoms with Crippen molar-refractivity contribution in [3.05, 3.63) is 42.2 Å². The van der Waals surface area contributed by atoms with Gasteiger partial charge in [0.05, 0.1) is 0 Å². The predicted molar refractivity (Wildman–Crippen MR) is 71.8 cm³/mol. The number of fused-ring (bicyclic) bond motifs is 1. The van der Waals surface area contributed by atoms with Crippen molar-refractivity contribution in [1.82, 2.24) is 10.3 Å². The fourth-order valence-corrected chi connectivity index (χ4v) is 2.07. The molecule has 3 heteroatoms. The van der Waals surface area contributed by atoms with Gasteiger partial charge in [0.25, 0.3) is 0 Å². The van der Waals surface area contributed by atoms with E-state index in [0.717, 1.165) is 18.8 Å². The average molecular weight is 232 g/mol. The second-order valence-corrected chi connectivity index (χ2v) is 4.67. The first-order valence-corrected chi connectivity index (χ1v) is 6.82. The third kappa shape index (κ3) is 2.74. The fraction of sp³-hybridized carbons (Fsp3) is 0.308. The van der Waals surface area contributed by atoms with E-state index in [1.165, 1.54) is 16.3 Å². The Morgan fingerprint density at radius 1 is 1.25 bits per heavy atom. The minimum absolute atomic E-state index is 0.898. The van der Waals surface area contributed by atoms with Gasteiger partial charge >= 0.3 is 0 Å². The molecule has 16 heavy (non-hydrogen) atoms. The van der Waals surface area contributed by atoms with E-state index in [1.54, 1.807) is 0 Å². The van der Waals surface area contributed by atoms with Gasteiger partial charge in [-0.15, -0.1) is 0 Å². The van der Waals surface area contributed by atoms with E-state index in [-0.39, 0.29) is 0 Å². The highest BCUT2D eigenvalue weighted by Crippen LogP contribution is 2.16. The van der Waals surface area contributed by atoms with Crippen molar-refractivity contribution in [2.75, 3.05) is 18.6 Å². The van der Waals surface area contributed by atoms with Gasteiger partial charge in [-0.1, -0.05) is 24.3 Å².